The van der Waals surface area contributed by atoms with Crippen LogP contribution >= 0.6 is 0 Å². The number of rotatable bonds is 4. The van der Waals surface area contributed by atoms with Crippen LogP contribution in [-0.4, -0.2) is 16.0 Å². The topological polar surface area (TPSA) is 69.8 Å². The van der Waals surface area contributed by atoms with E-state index in [1.165, 1.54) is 12.1 Å². The third-order valence-corrected chi connectivity index (χ3v) is 4.26. The number of aromatic nitrogens is 2. The van der Waals surface area contributed by atoms with Gasteiger partial charge in [0.15, 0.2) is 0 Å². The zero-order valence-corrected chi connectivity index (χ0v) is 14.4. The fourth-order valence-corrected chi connectivity index (χ4v) is 2.95. The third-order valence-electron chi connectivity index (χ3n) is 4.26. The van der Waals surface area contributed by atoms with Crippen LogP contribution < -0.4 is 10.6 Å². The summed E-state index contributed by atoms with van der Waals surface area (Å²) in [6.07, 6.45) is 3.63. The van der Waals surface area contributed by atoms with Gasteiger partial charge in [-0.05, 0) is 53.1 Å². The zero-order chi connectivity index (χ0) is 18.6. The molecule has 0 aliphatic heterocycles. The van der Waals surface area contributed by atoms with Crippen molar-refractivity contribution in [2.24, 2.45) is 0 Å². The second-order valence-corrected chi connectivity index (χ2v) is 6.11. The first-order valence-corrected chi connectivity index (χ1v) is 8.51. The quantitative estimate of drug-likeness (QED) is 0.494. The highest BCUT2D eigenvalue weighted by Crippen LogP contribution is 2.27. The Bertz CT molecular complexity index is 1090. The average Bonchev–Trinajstić information content (AvgIpc) is 3.16. The summed E-state index contributed by atoms with van der Waals surface area (Å²) in [6, 6.07) is 17.3. The number of nitrogens with one attached hydrogen (secondary N) is 3. The van der Waals surface area contributed by atoms with E-state index < -0.39 is 0 Å². The molecule has 2 heterocycles. The lowest BCUT2D eigenvalue weighted by Crippen LogP contribution is -2.28. The Balaban J connectivity index is 1.42. The van der Waals surface area contributed by atoms with E-state index in [1.807, 2.05) is 42.6 Å². The van der Waals surface area contributed by atoms with Crippen LogP contribution in [0.25, 0.3) is 22.2 Å². The van der Waals surface area contributed by atoms with E-state index in [1.54, 1.807) is 18.3 Å². The molecule has 0 spiro atoms. The Morgan fingerprint density at radius 2 is 1.93 bits per heavy atom. The number of aromatic amines is 1. The summed E-state index contributed by atoms with van der Waals surface area (Å²) >= 11 is 0. The fourth-order valence-electron chi connectivity index (χ4n) is 2.95. The number of fused-ring (bicyclic) bond motifs is 1. The molecule has 2 amide bonds. The molecule has 4 aromatic rings. The largest absolute Gasteiger partial charge is 0.346 e. The molecule has 0 fully saturated rings. The molecule has 2 aromatic carbocycles. The first-order chi connectivity index (χ1) is 13.2. The highest BCUT2D eigenvalue weighted by Gasteiger charge is 2.07. The molecule has 0 saturated carbocycles. The maximum atomic E-state index is 13.2. The minimum Gasteiger partial charge on any atom is -0.346 e. The number of amides is 2. The van der Waals surface area contributed by atoms with Crippen molar-refractivity contribution >= 4 is 22.8 Å². The zero-order valence-electron chi connectivity index (χ0n) is 14.4. The van der Waals surface area contributed by atoms with Crippen molar-refractivity contribution in [1.29, 1.82) is 0 Å². The SMILES string of the molecule is O=C(NCc1cccc(F)c1)Nc1ccc(-c2ccnc3[nH]ccc23)cc1. The van der Waals surface area contributed by atoms with Crippen LogP contribution in [0.4, 0.5) is 14.9 Å². The number of benzene rings is 2. The van der Waals surface area contributed by atoms with Gasteiger partial charge in [0.25, 0.3) is 0 Å². The highest BCUT2D eigenvalue weighted by molar-refractivity contribution is 5.94. The summed E-state index contributed by atoms with van der Waals surface area (Å²) in [5.74, 6) is -0.321. The van der Waals surface area contributed by atoms with Gasteiger partial charge in [-0.2, -0.15) is 0 Å². The number of urea groups is 1. The Morgan fingerprint density at radius 1 is 1.07 bits per heavy atom. The first kappa shape index (κ1) is 16.8. The summed E-state index contributed by atoms with van der Waals surface area (Å²) < 4.78 is 13.2. The number of carbonyl (C=O) groups is 1. The molecule has 0 unspecified atom stereocenters. The van der Waals surface area contributed by atoms with Crippen molar-refractivity contribution in [2.45, 2.75) is 6.54 Å². The second kappa shape index (κ2) is 7.29. The normalized spacial score (nSPS) is 10.7. The van der Waals surface area contributed by atoms with E-state index >= 15 is 0 Å². The lowest BCUT2D eigenvalue weighted by Gasteiger charge is -2.09. The predicted octanol–water partition coefficient (Wildman–Crippen LogP) is 4.69. The van der Waals surface area contributed by atoms with Crippen LogP contribution in [0.15, 0.2) is 73.1 Å². The Morgan fingerprint density at radius 3 is 2.74 bits per heavy atom. The molecule has 0 radical (unpaired) electrons. The summed E-state index contributed by atoms with van der Waals surface area (Å²) in [4.78, 5) is 19.4. The minimum absolute atomic E-state index is 0.254. The maximum absolute atomic E-state index is 13.2. The smallest absolute Gasteiger partial charge is 0.319 e. The predicted molar refractivity (Wildman–Crippen MR) is 104 cm³/mol. The van der Waals surface area contributed by atoms with Crippen LogP contribution in [0.1, 0.15) is 5.56 Å². The van der Waals surface area contributed by atoms with Crippen LogP contribution in [0.3, 0.4) is 0 Å². The van der Waals surface area contributed by atoms with Gasteiger partial charge in [0.05, 0.1) is 0 Å². The Labute approximate surface area is 155 Å². The fraction of sp³-hybridized carbons (Fsp3) is 0.0476. The standard InChI is InChI=1S/C21H17FN4O/c22-16-3-1-2-14(12-16)13-25-21(27)26-17-6-4-15(5-7-17)18-8-10-23-20-19(18)9-11-24-20/h1-12H,13H2,(H,23,24)(H2,25,26,27). The van der Waals surface area contributed by atoms with Crippen molar-refractivity contribution in [3.05, 3.63) is 84.4 Å². The number of carbonyl (C=O) groups excluding carboxylic acids is 1. The monoisotopic (exact) mass is 360 g/mol. The van der Waals surface area contributed by atoms with Gasteiger partial charge in [0, 0.05) is 30.0 Å². The Kier molecular flexibility index (Phi) is 4.53. The Hall–Kier alpha value is -3.67. The molecule has 0 atom stereocenters. The third kappa shape index (κ3) is 3.79. The molecule has 27 heavy (non-hydrogen) atoms. The van der Waals surface area contributed by atoms with Gasteiger partial charge >= 0.3 is 6.03 Å². The number of anilines is 1. The van der Waals surface area contributed by atoms with Gasteiger partial charge in [-0.3, -0.25) is 0 Å². The van der Waals surface area contributed by atoms with Gasteiger partial charge in [-0.25, -0.2) is 14.2 Å². The van der Waals surface area contributed by atoms with Gasteiger partial charge in [-0.15, -0.1) is 0 Å². The maximum Gasteiger partial charge on any atom is 0.319 e. The van der Waals surface area contributed by atoms with Gasteiger partial charge in [0.2, 0.25) is 0 Å². The molecule has 134 valence electrons. The van der Waals surface area contributed by atoms with Gasteiger partial charge < -0.3 is 15.6 Å². The van der Waals surface area contributed by atoms with E-state index in [4.69, 9.17) is 0 Å². The minimum atomic E-state index is -0.344. The van der Waals surface area contributed by atoms with E-state index in [0.29, 0.717) is 11.3 Å². The molecular formula is C21H17FN4O. The number of hydrogen-bond donors (Lipinski definition) is 3. The summed E-state index contributed by atoms with van der Waals surface area (Å²) in [5, 5.41) is 6.54. The van der Waals surface area contributed by atoms with E-state index in [0.717, 1.165) is 22.2 Å². The lowest BCUT2D eigenvalue weighted by molar-refractivity contribution is 0.251. The number of halogens is 1. The summed E-state index contributed by atoms with van der Waals surface area (Å²) in [7, 11) is 0. The van der Waals surface area contributed by atoms with Crippen LogP contribution in [0, 0.1) is 5.82 Å². The molecule has 6 heteroatoms. The number of pyridine rings is 1. The van der Waals surface area contributed by atoms with Crippen LogP contribution in [-0.2, 0) is 6.54 Å². The van der Waals surface area contributed by atoms with E-state index in [-0.39, 0.29) is 18.4 Å². The molecule has 0 aliphatic carbocycles. The lowest BCUT2D eigenvalue weighted by atomic mass is 10.0. The molecule has 4 rings (SSSR count). The number of nitrogens with zero attached hydrogens (tertiary/aromatic N) is 1. The van der Waals surface area contributed by atoms with Crippen molar-refractivity contribution in [2.75, 3.05) is 5.32 Å². The highest BCUT2D eigenvalue weighted by atomic mass is 19.1. The molecule has 0 saturated heterocycles. The number of hydrogen-bond acceptors (Lipinski definition) is 2. The van der Waals surface area contributed by atoms with E-state index in [9.17, 15) is 9.18 Å². The molecule has 0 aliphatic rings. The molecular weight excluding hydrogens is 343 g/mol. The van der Waals surface area contributed by atoms with Crippen molar-refractivity contribution in [3.8, 4) is 11.1 Å². The molecule has 5 nitrogen and oxygen atoms in total. The molecule has 2 aromatic heterocycles. The van der Waals surface area contributed by atoms with Crippen molar-refractivity contribution < 1.29 is 9.18 Å². The van der Waals surface area contributed by atoms with Crippen molar-refractivity contribution in [1.82, 2.24) is 15.3 Å². The van der Waals surface area contributed by atoms with Crippen LogP contribution in [0.5, 0.6) is 0 Å². The number of H-pyrrole nitrogens is 1. The molecule has 0 bridgehead atoms. The van der Waals surface area contributed by atoms with Gasteiger partial charge in [0.1, 0.15) is 11.5 Å². The second-order valence-electron chi connectivity index (χ2n) is 6.11. The van der Waals surface area contributed by atoms with E-state index in [2.05, 4.69) is 20.6 Å². The average molecular weight is 360 g/mol. The van der Waals surface area contributed by atoms with Crippen molar-refractivity contribution in [3.63, 3.8) is 0 Å². The van der Waals surface area contributed by atoms with Gasteiger partial charge in [-0.1, -0.05) is 24.3 Å². The summed E-state index contributed by atoms with van der Waals surface area (Å²) in [6.45, 7) is 0.254. The molecule has 3 N–H and O–H groups in total. The first-order valence-electron chi connectivity index (χ1n) is 8.51. The van der Waals surface area contributed by atoms with Crippen LogP contribution in [0.2, 0.25) is 0 Å². The summed E-state index contributed by atoms with van der Waals surface area (Å²) in [5.41, 5.74) is 4.33.